The van der Waals surface area contributed by atoms with Crippen molar-refractivity contribution in [1.29, 1.82) is 0 Å². The Kier molecular flexibility index (Phi) is 5.71. The molecule has 1 aliphatic rings. The van der Waals surface area contributed by atoms with Crippen LogP contribution in [0.1, 0.15) is 11.1 Å². The molecule has 2 heterocycles. The zero-order valence-electron chi connectivity index (χ0n) is 18.0. The Morgan fingerprint density at radius 1 is 1.09 bits per heavy atom. The maximum atomic E-state index is 12.6. The zero-order valence-corrected chi connectivity index (χ0v) is 18.8. The molecule has 0 spiro atoms. The number of ether oxygens (including phenoxy) is 2. The van der Waals surface area contributed by atoms with Gasteiger partial charge in [0.1, 0.15) is 25.3 Å². The second-order valence-electron chi connectivity index (χ2n) is 8.01. The van der Waals surface area contributed by atoms with Crippen molar-refractivity contribution in [1.82, 2.24) is 14.8 Å². The summed E-state index contributed by atoms with van der Waals surface area (Å²) < 4.78 is 44.6. The van der Waals surface area contributed by atoms with E-state index in [0.717, 1.165) is 21.9 Å². The van der Waals surface area contributed by atoms with E-state index in [9.17, 15) is 8.42 Å². The summed E-state index contributed by atoms with van der Waals surface area (Å²) in [6, 6.07) is 20.5. The van der Waals surface area contributed by atoms with Gasteiger partial charge in [-0.3, -0.25) is 4.18 Å². The highest BCUT2D eigenvalue weighted by Crippen LogP contribution is 2.37. The van der Waals surface area contributed by atoms with Crippen molar-refractivity contribution in [2.24, 2.45) is 0 Å². The zero-order chi connectivity index (χ0) is 22.9. The third kappa shape index (κ3) is 4.53. The van der Waals surface area contributed by atoms with E-state index in [-0.39, 0.29) is 24.7 Å². The van der Waals surface area contributed by atoms with Gasteiger partial charge in [-0.2, -0.15) is 13.5 Å². The van der Waals surface area contributed by atoms with Crippen LogP contribution in [0.3, 0.4) is 0 Å². The molecule has 4 aromatic rings. The van der Waals surface area contributed by atoms with Gasteiger partial charge in [0.15, 0.2) is 0 Å². The largest absolute Gasteiger partial charge is 0.342 e. The number of fused-ring (bicyclic) bond motifs is 1. The fraction of sp³-hybridized carbons (Fsp3) is 0.250. The molecule has 2 unspecified atom stereocenters. The van der Waals surface area contributed by atoms with Crippen LogP contribution in [0.15, 0.2) is 84.3 Å². The minimum absolute atomic E-state index is 0.107. The molecular formula is C24H23N3O5S. The van der Waals surface area contributed by atoms with E-state index in [0.29, 0.717) is 0 Å². The molecule has 0 aliphatic carbocycles. The molecular weight excluding hydrogens is 442 g/mol. The van der Waals surface area contributed by atoms with Crippen molar-refractivity contribution in [3.63, 3.8) is 0 Å². The lowest BCUT2D eigenvalue weighted by Gasteiger charge is -2.28. The lowest BCUT2D eigenvalue weighted by Crippen LogP contribution is -2.34. The monoisotopic (exact) mass is 465 g/mol. The Hall–Kier alpha value is -3.11. The van der Waals surface area contributed by atoms with Crippen LogP contribution in [0.4, 0.5) is 0 Å². The first-order chi connectivity index (χ1) is 15.9. The third-order valence-electron chi connectivity index (χ3n) is 5.60. The van der Waals surface area contributed by atoms with Gasteiger partial charge in [-0.25, -0.2) is 9.67 Å². The van der Waals surface area contributed by atoms with Crippen LogP contribution in [0.25, 0.3) is 10.8 Å². The second kappa shape index (κ2) is 8.68. The first-order valence-electron chi connectivity index (χ1n) is 10.5. The molecule has 170 valence electrons. The molecule has 1 aromatic heterocycles. The van der Waals surface area contributed by atoms with Crippen molar-refractivity contribution in [3.05, 3.63) is 90.5 Å². The Bertz CT molecular complexity index is 1360. The molecule has 0 saturated carbocycles. The molecule has 0 bridgehead atoms. The second-order valence-corrected chi connectivity index (χ2v) is 9.63. The van der Waals surface area contributed by atoms with E-state index in [1.165, 1.54) is 18.5 Å². The van der Waals surface area contributed by atoms with Crippen LogP contribution in [0.2, 0.25) is 0 Å². The summed E-state index contributed by atoms with van der Waals surface area (Å²) in [7, 11) is -3.91. The number of hydrogen-bond acceptors (Lipinski definition) is 7. The summed E-state index contributed by atoms with van der Waals surface area (Å²) >= 11 is 0. The summed E-state index contributed by atoms with van der Waals surface area (Å²) in [5, 5.41) is 6.33. The van der Waals surface area contributed by atoms with E-state index < -0.39 is 22.0 Å². The lowest BCUT2D eigenvalue weighted by atomic mass is 10.0. The number of benzene rings is 3. The van der Waals surface area contributed by atoms with E-state index >= 15 is 0 Å². The molecule has 1 saturated heterocycles. The standard InChI is InChI=1S/C24H23N3O5S/c1-18-6-10-23(11-7-18)33(28,29)31-14-22-13-30-24(32-22,15-27-17-25-16-26-27)21-9-8-19-4-2-3-5-20(19)12-21/h2-12,16-17,22H,13-15H2,1H3. The Morgan fingerprint density at radius 2 is 1.88 bits per heavy atom. The van der Waals surface area contributed by atoms with Gasteiger partial charge >= 0.3 is 0 Å². The van der Waals surface area contributed by atoms with Crippen LogP contribution in [0.5, 0.6) is 0 Å². The molecule has 0 amide bonds. The van der Waals surface area contributed by atoms with Crippen LogP contribution < -0.4 is 0 Å². The Morgan fingerprint density at radius 3 is 2.64 bits per heavy atom. The maximum absolute atomic E-state index is 12.6. The smallest absolute Gasteiger partial charge is 0.297 e. The predicted molar refractivity (Wildman–Crippen MR) is 121 cm³/mol. The molecule has 8 nitrogen and oxygen atoms in total. The summed E-state index contributed by atoms with van der Waals surface area (Å²) in [5.74, 6) is -1.15. The van der Waals surface area contributed by atoms with Crippen LogP contribution in [-0.4, -0.2) is 42.5 Å². The molecule has 0 N–H and O–H groups in total. The quantitative estimate of drug-likeness (QED) is 0.386. The molecule has 0 radical (unpaired) electrons. The van der Waals surface area contributed by atoms with E-state index in [1.807, 2.05) is 49.4 Å². The normalized spacial score (nSPS) is 20.9. The van der Waals surface area contributed by atoms with Crippen molar-refractivity contribution >= 4 is 20.9 Å². The average molecular weight is 466 g/mol. The first-order valence-corrected chi connectivity index (χ1v) is 11.9. The van der Waals surface area contributed by atoms with Crippen LogP contribution in [0, 0.1) is 6.92 Å². The highest BCUT2D eigenvalue weighted by Gasteiger charge is 2.44. The van der Waals surface area contributed by atoms with Gasteiger partial charge < -0.3 is 9.47 Å². The first kappa shape index (κ1) is 21.7. The summed E-state index contributed by atoms with van der Waals surface area (Å²) in [6.45, 7) is 2.16. The number of nitrogens with zero attached hydrogens (tertiary/aromatic N) is 3. The number of rotatable bonds is 7. The number of hydrogen-bond donors (Lipinski definition) is 0. The topological polar surface area (TPSA) is 92.5 Å². The van der Waals surface area contributed by atoms with Gasteiger partial charge in [0, 0.05) is 5.56 Å². The third-order valence-corrected chi connectivity index (χ3v) is 6.90. The molecule has 3 aromatic carbocycles. The predicted octanol–water partition coefficient (Wildman–Crippen LogP) is 3.41. The van der Waals surface area contributed by atoms with Gasteiger partial charge in [0.05, 0.1) is 18.1 Å². The van der Waals surface area contributed by atoms with E-state index in [1.54, 1.807) is 23.1 Å². The number of aryl methyl sites for hydroxylation is 1. The minimum atomic E-state index is -3.91. The molecule has 5 rings (SSSR count). The van der Waals surface area contributed by atoms with Crippen molar-refractivity contribution < 1.29 is 22.1 Å². The molecule has 9 heteroatoms. The maximum Gasteiger partial charge on any atom is 0.297 e. The molecule has 33 heavy (non-hydrogen) atoms. The SMILES string of the molecule is Cc1ccc(S(=O)(=O)OCC2COC(Cn3cncn3)(c3ccc4ccccc4c3)O2)cc1. The highest BCUT2D eigenvalue weighted by molar-refractivity contribution is 7.86. The number of aromatic nitrogens is 3. The van der Waals surface area contributed by atoms with Gasteiger partial charge in [-0.15, -0.1) is 0 Å². The Labute approximate surface area is 191 Å². The summed E-state index contributed by atoms with van der Waals surface area (Å²) in [6.07, 6.45) is 2.44. The van der Waals surface area contributed by atoms with E-state index in [2.05, 4.69) is 10.1 Å². The molecule has 1 aliphatic heterocycles. The summed E-state index contributed by atoms with van der Waals surface area (Å²) in [4.78, 5) is 4.11. The fourth-order valence-electron chi connectivity index (χ4n) is 3.86. The van der Waals surface area contributed by atoms with Gasteiger partial charge in [0.25, 0.3) is 10.1 Å². The summed E-state index contributed by atoms with van der Waals surface area (Å²) in [5.41, 5.74) is 1.77. The lowest BCUT2D eigenvalue weighted by molar-refractivity contribution is -0.190. The minimum Gasteiger partial charge on any atom is -0.342 e. The van der Waals surface area contributed by atoms with E-state index in [4.69, 9.17) is 13.7 Å². The average Bonchev–Trinajstić information content (AvgIpc) is 3.49. The van der Waals surface area contributed by atoms with Crippen molar-refractivity contribution in [2.45, 2.75) is 30.3 Å². The van der Waals surface area contributed by atoms with Gasteiger partial charge in [-0.1, -0.05) is 54.1 Å². The van der Waals surface area contributed by atoms with Crippen molar-refractivity contribution in [3.8, 4) is 0 Å². The Balaban J connectivity index is 1.38. The van der Waals surface area contributed by atoms with Crippen LogP contribution >= 0.6 is 0 Å². The van der Waals surface area contributed by atoms with Gasteiger partial charge in [-0.05, 0) is 35.9 Å². The molecule has 2 atom stereocenters. The van der Waals surface area contributed by atoms with Crippen LogP contribution in [-0.2, 0) is 36.1 Å². The highest BCUT2D eigenvalue weighted by atomic mass is 32.2. The molecule has 1 fully saturated rings. The van der Waals surface area contributed by atoms with Gasteiger partial charge in [0.2, 0.25) is 5.79 Å². The fourth-order valence-corrected chi connectivity index (χ4v) is 4.80. The van der Waals surface area contributed by atoms with Crippen molar-refractivity contribution in [2.75, 3.05) is 13.2 Å².